The summed E-state index contributed by atoms with van der Waals surface area (Å²) in [5.74, 6) is 0. The summed E-state index contributed by atoms with van der Waals surface area (Å²) in [6, 6.07) is 23.3. The minimum absolute atomic E-state index is 0.0680. The number of rotatable bonds is 4. The van der Waals surface area contributed by atoms with Gasteiger partial charge in [0.25, 0.3) is 0 Å². The van der Waals surface area contributed by atoms with E-state index in [2.05, 4.69) is 66.0 Å². The van der Waals surface area contributed by atoms with Gasteiger partial charge >= 0.3 is 0 Å². The van der Waals surface area contributed by atoms with Crippen LogP contribution in [0, 0.1) is 0 Å². The van der Waals surface area contributed by atoms with Gasteiger partial charge in [0.2, 0.25) is 0 Å². The minimum atomic E-state index is 0.0680. The molecule has 0 radical (unpaired) electrons. The van der Waals surface area contributed by atoms with Crippen molar-refractivity contribution in [3.05, 3.63) is 82.6 Å². The van der Waals surface area contributed by atoms with E-state index >= 15 is 0 Å². The lowest BCUT2D eigenvalue weighted by atomic mass is 9.99. The molecular weight excluding hydrogens is 262 g/mol. The number of benzene rings is 2. The molecule has 2 heteroatoms. The molecule has 0 aliphatic carbocycles. The molecule has 2 N–H and O–H groups in total. The van der Waals surface area contributed by atoms with E-state index in [1.165, 1.54) is 21.6 Å². The molecule has 2 aromatic carbocycles. The Morgan fingerprint density at radius 3 is 2.15 bits per heavy atom. The molecule has 0 bridgehead atoms. The second-order valence-electron chi connectivity index (χ2n) is 4.88. The van der Waals surface area contributed by atoms with Crippen LogP contribution in [0.2, 0.25) is 0 Å². The zero-order valence-corrected chi connectivity index (χ0v) is 12.0. The highest BCUT2D eigenvalue weighted by Gasteiger charge is 2.08. The van der Waals surface area contributed by atoms with Crippen LogP contribution in [0.1, 0.15) is 16.5 Å². The first-order chi connectivity index (χ1) is 9.83. The number of thiophene rings is 1. The summed E-state index contributed by atoms with van der Waals surface area (Å²) in [5, 5.41) is 2.10. The monoisotopic (exact) mass is 279 g/mol. The predicted octanol–water partition coefficient (Wildman–Crippen LogP) is 4.66. The van der Waals surface area contributed by atoms with E-state index in [0.29, 0.717) is 0 Å². The van der Waals surface area contributed by atoms with E-state index in [9.17, 15) is 0 Å². The van der Waals surface area contributed by atoms with Crippen LogP contribution >= 0.6 is 11.3 Å². The molecule has 1 unspecified atom stereocenters. The standard InChI is InChI=1S/C18H17NS/c19-18(13-17-7-4-12-20-17)16-10-8-15(9-11-16)14-5-2-1-3-6-14/h1-12,18H,13,19H2. The molecule has 1 aromatic heterocycles. The highest BCUT2D eigenvalue weighted by atomic mass is 32.1. The van der Waals surface area contributed by atoms with Crippen LogP contribution in [0.3, 0.4) is 0 Å². The van der Waals surface area contributed by atoms with Gasteiger partial charge in [-0.05, 0) is 28.1 Å². The molecule has 20 heavy (non-hydrogen) atoms. The maximum Gasteiger partial charge on any atom is 0.0343 e. The Hall–Kier alpha value is -1.90. The van der Waals surface area contributed by atoms with E-state index in [4.69, 9.17) is 5.73 Å². The van der Waals surface area contributed by atoms with Crippen LogP contribution in [0.25, 0.3) is 11.1 Å². The summed E-state index contributed by atoms with van der Waals surface area (Å²) < 4.78 is 0. The number of nitrogens with two attached hydrogens (primary N) is 1. The van der Waals surface area contributed by atoms with Gasteiger partial charge in [0, 0.05) is 17.3 Å². The largest absolute Gasteiger partial charge is 0.324 e. The molecule has 0 fully saturated rings. The Labute approximate surface area is 123 Å². The van der Waals surface area contributed by atoms with Gasteiger partial charge in [-0.25, -0.2) is 0 Å². The van der Waals surface area contributed by atoms with Crippen molar-refractivity contribution in [1.82, 2.24) is 0 Å². The summed E-state index contributed by atoms with van der Waals surface area (Å²) in [7, 11) is 0. The number of hydrogen-bond donors (Lipinski definition) is 1. The first-order valence-electron chi connectivity index (χ1n) is 6.76. The summed E-state index contributed by atoms with van der Waals surface area (Å²) in [6.45, 7) is 0. The van der Waals surface area contributed by atoms with Crippen molar-refractivity contribution in [2.24, 2.45) is 5.73 Å². The molecule has 3 rings (SSSR count). The molecule has 0 amide bonds. The van der Waals surface area contributed by atoms with E-state index < -0.39 is 0 Å². The fourth-order valence-corrected chi connectivity index (χ4v) is 3.08. The molecule has 1 atom stereocenters. The van der Waals surface area contributed by atoms with Crippen LogP contribution in [0.4, 0.5) is 0 Å². The van der Waals surface area contributed by atoms with E-state index in [1.807, 2.05) is 6.07 Å². The molecule has 100 valence electrons. The lowest BCUT2D eigenvalue weighted by Crippen LogP contribution is -2.12. The van der Waals surface area contributed by atoms with Gasteiger partial charge < -0.3 is 5.73 Å². The van der Waals surface area contributed by atoms with Crippen LogP contribution < -0.4 is 5.73 Å². The minimum Gasteiger partial charge on any atom is -0.324 e. The van der Waals surface area contributed by atoms with Crippen molar-refractivity contribution in [1.29, 1.82) is 0 Å². The van der Waals surface area contributed by atoms with E-state index in [-0.39, 0.29) is 6.04 Å². The lowest BCUT2D eigenvalue weighted by Gasteiger charge is -2.11. The molecule has 0 spiro atoms. The molecule has 0 saturated carbocycles. The maximum atomic E-state index is 6.28. The smallest absolute Gasteiger partial charge is 0.0343 e. The van der Waals surface area contributed by atoms with Crippen molar-refractivity contribution in [2.75, 3.05) is 0 Å². The Morgan fingerprint density at radius 1 is 0.800 bits per heavy atom. The number of hydrogen-bond acceptors (Lipinski definition) is 2. The van der Waals surface area contributed by atoms with Crippen molar-refractivity contribution < 1.29 is 0 Å². The predicted molar refractivity (Wildman–Crippen MR) is 86.8 cm³/mol. The third-order valence-corrected chi connectivity index (χ3v) is 4.35. The first-order valence-corrected chi connectivity index (χ1v) is 7.64. The molecule has 1 nitrogen and oxygen atoms in total. The van der Waals surface area contributed by atoms with E-state index in [1.54, 1.807) is 11.3 Å². The Kier molecular flexibility index (Phi) is 3.95. The summed E-state index contributed by atoms with van der Waals surface area (Å²) in [4.78, 5) is 1.34. The maximum absolute atomic E-state index is 6.28. The Bertz CT molecular complexity index is 642. The van der Waals surface area contributed by atoms with Crippen LogP contribution in [-0.2, 0) is 6.42 Å². The van der Waals surface area contributed by atoms with Crippen LogP contribution in [0.5, 0.6) is 0 Å². The second kappa shape index (κ2) is 6.04. The van der Waals surface area contributed by atoms with Crippen LogP contribution in [-0.4, -0.2) is 0 Å². The quantitative estimate of drug-likeness (QED) is 0.738. The zero-order valence-electron chi connectivity index (χ0n) is 11.2. The molecule has 0 saturated heterocycles. The van der Waals surface area contributed by atoms with Crippen molar-refractivity contribution in [3.63, 3.8) is 0 Å². The molecular formula is C18H17NS. The normalized spacial score (nSPS) is 12.2. The van der Waals surface area contributed by atoms with Crippen LogP contribution in [0.15, 0.2) is 72.1 Å². The van der Waals surface area contributed by atoms with Gasteiger partial charge in [0.05, 0.1) is 0 Å². The highest BCUT2D eigenvalue weighted by Crippen LogP contribution is 2.23. The van der Waals surface area contributed by atoms with Crippen molar-refractivity contribution in [2.45, 2.75) is 12.5 Å². The van der Waals surface area contributed by atoms with Crippen molar-refractivity contribution in [3.8, 4) is 11.1 Å². The molecule has 0 aliphatic rings. The van der Waals surface area contributed by atoms with Crippen molar-refractivity contribution >= 4 is 11.3 Å². The summed E-state index contributed by atoms with van der Waals surface area (Å²) in [5.41, 5.74) is 9.95. The van der Waals surface area contributed by atoms with Gasteiger partial charge in [0.15, 0.2) is 0 Å². The summed E-state index contributed by atoms with van der Waals surface area (Å²) >= 11 is 1.77. The molecule has 1 heterocycles. The fraction of sp³-hybridized carbons (Fsp3) is 0.111. The van der Waals surface area contributed by atoms with E-state index in [0.717, 1.165) is 6.42 Å². The summed E-state index contributed by atoms with van der Waals surface area (Å²) in [6.07, 6.45) is 0.905. The second-order valence-corrected chi connectivity index (χ2v) is 5.91. The third-order valence-electron chi connectivity index (χ3n) is 3.45. The zero-order chi connectivity index (χ0) is 13.8. The molecule has 0 aliphatic heterocycles. The average Bonchev–Trinajstić information content (AvgIpc) is 3.01. The van der Waals surface area contributed by atoms with Gasteiger partial charge in [-0.3, -0.25) is 0 Å². The topological polar surface area (TPSA) is 26.0 Å². The third kappa shape index (κ3) is 2.98. The van der Waals surface area contributed by atoms with Gasteiger partial charge in [-0.1, -0.05) is 60.7 Å². The van der Waals surface area contributed by atoms with Gasteiger partial charge in [-0.2, -0.15) is 0 Å². The first kappa shape index (κ1) is 13.1. The average molecular weight is 279 g/mol. The fourth-order valence-electron chi connectivity index (χ4n) is 2.32. The SMILES string of the molecule is NC(Cc1cccs1)c1ccc(-c2ccccc2)cc1. The lowest BCUT2D eigenvalue weighted by molar-refractivity contribution is 0.730. The Morgan fingerprint density at radius 2 is 1.50 bits per heavy atom. The Balaban J connectivity index is 1.76. The highest BCUT2D eigenvalue weighted by molar-refractivity contribution is 7.09. The molecule has 3 aromatic rings. The van der Waals surface area contributed by atoms with Gasteiger partial charge in [-0.15, -0.1) is 11.3 Å². The van der Waals surface area contributed by atoms with Gasteiger partial charge in [0.1, 0.15) is 0 Å².